The minimum atomic E-state index is 0.00846. The van der Waals surface area contributed by atoms with Crippen molar-refractivity contribution in [2.75, 3.05) is 0 Å². The maximum atomic E-state index is 9.78. The summed E-state index contributed by atoms with van der Waals surface area (Å²) in [5, 5.41) is 9.78. The quantitative estimate of drug-likeness (QED) is 0.172. The predicted octanol–water partition coefficient (Wildman–Crippen LogP) is 13.0. The Kier molecular flexibility index (Phi) is 8.42. The third kappa shape index (κ3) is 5.90. The molecular weight excluding hydrogens is 681 g/mol. The van der Waals surface area contributed by atoms with E-state index in [2.05, 4.69) is 109 Å². The second-order valence-corrected chi connectivity index (χ2v) is 15.0. The van der Waals surface area contributed by atoms with E-state index in [1.165, 1.54) is 63.8 Å². The van der Waals surface area contributed by atoms with Crippen LogP contribution in [0.3, 0.4) is 0 Å². The van der Waals surface area contributed by atoms with E-state index in [1.807, 2.05) is 66.7 Å². The van der Waals surface area contributed by atoms with Gasteiger partial charge >= 0.3 is 0 Å². The van der Waals surface area contributed by atoms with Crippen molar-refractivity contribution in [1.82, 2.24) is 15.0 Å². The monoisotopic (exact) mass is 718 g/mol. The lowest BCUT2D eigenvalue weighted by Gasteiger charge is -2.36. The van der Waals surface area contributed by atoms with Gasteiger partial charge in [-0.15, -0.1) is 0 Å². The Morgan fingerprint density at radius 1 is 0.393 bits per heavy atom. The van der Waals surface area contributed by atoms with E-state index in [4.69, 9.17) is 15.0 Å². The van der Waals surface area contributed by atoms with Crippen LogP contribution in [0.5, 0.6) is 0 Å². The lowest BCUT2D eigenvalue weighted by Crippen LogP contribution is -2.28. The van der Waals surface area contributed by atoms with Gasteiger partial charge in [0.05, 0.1) is 11.6 Å². The normalized spacial score (nSPS) is 13.8. The highest BCUT2D eigenvalue weighted by Gasteiger charge is 2.44. The molecule has 0 unspecified atom stereocenters. The highest BCUT2D eigenvalue weighted by Crippen LogP contribution is 2.58. The molecule has 7 aromatic carbocycles. The van der Waals surface area contributed by atoms with Gasteiger partial charge in [0.15, 0.2) is 17.5 Å². The molecule has 1 aromatic heterocycles. The molecule has 0 amide bonds. The molecule has 0 bridgehead atoms. The topological polar surface area (TPSA) is 62.5 Å². The zero-order chi connectivity index (χ0) is 37.5. The molecule has 56 heavy (non-hydrogen) atoms. The molecule has 8 aromatic rings. The van der Waals surface area contributed by atoms with E-state index in [0.29, 0.717) is 17.5 Å². The number of fused-ring (bicyclic) bond motifs is 5. The number of hydrogen-bond acceptors (Lipinski definition) is 4. The maximum Gasteiger partial charge on any atom is 0.164 e. The predicted molar refractivity (Wildman–Crippen MR) is 226 cm³/mol. The molecule has 2 aliphatic carbocycles. The molecule has 0 aliphatic heterocycles. The molecule has 0 saturated heterocycles. The smallest absolute Gasteiger partial charge is 0.164 e. The Labute approximate surface area is 327 Å². The zero-order valence-corrected chi connectivity index (χ0v) is 31.0. The van der Waals surface area contributed by atoms with Gasteiger partial charge in [-0.2, -0.15) is 5.26 Å². The number of nitriles is 1. The maximum absolute atomic E-state index is 9.78. The largest absolute Gasteiger partial charge is 0.208 e. The molecule has 4 nitrogen and oxygen atoms in total. The van der Waals surface area contributed by atoms with Gasteiger partial charge in [-0.1, -0.05) is 171 Å². The second kappa shape index (κ2) is 14.0. The summed E-state index contributed by atoms with van der Waals surface area (Å²) < 4.78 is 0. The zero-order valence-electron chi connectivity index (χ0n) is 31.0. The molecule has 1 fully saturated rings. The van der Waals surface area contributed by atoms with E-state index in [1.54, 1.807) is 0 Å². The van der Waals surface area contributed by atoms with Gasteiger partial charge in [-0.3, -0.25) is 0 Å². The summed E-state index contributed by atoms with van der Waals surface area (Å²) in [6, 6.07) is 62.0. The average molecular weight is 719 g/mol. The Morgan fingerprint density at radius 2 is 0.911 bits per heavy atom. The van der Waals surface area contributed by atoms with Crippen LogP contribution in [0.1, 0.15) is 48.8 Å². The van der Waals surface area contributed by atoms with Crippen LogP contribution in [0.15, 0.2) is 170 Å². The highest BCUT2D eigenvalue weighted by atomic mass is 15.0. The van der Waals surface area contributed by atoms with Crippen LogP contribution in [0.2, 0.25) is 0 Å². The molecule has 1 spiro atoms. The van der Waals surface area contributed by atoms with Crippen LogP contribution in [-0.2, 0) is 5.41 Å². The third-order valence-corrected chi connectivity index (χ3v) is 11.8. The van der Waals surface area contributed by atoms with E-state index < -0.39 is 0 Å². The third-order valence-electron chi connectivity index (χ3n) is 11.8. The van der Waals surface area contributed by atoms with E-state index in [-0.39, 0.29) is 5.41 Å². The first kappa shape index (κ1) is 33.6. The Bertz CT molecular complexity index is 2700. The molecule has 0 N–H and O–H groups in total. The fourth-order valence-electron chi connectivity index (χ4n) is 9.02. The number of nitrogens with zero attached hydrogens (tertiary/aromatic N) is 4. The Morgan fingerprint density at radius 3 is 1.52 bits per heavy atom. The van der Waals surface area contributed by atoms with Gasteiger partial charge in [0.25, 0.3) is 0 Å². The molecule has 1 saturated carbocycles. The van der Waals surface area contributed by atoms with Gasteiger partial charge in [-0.05, 0) is 86.7 Å². The summed E-state index contributed by atoms with van der Waals surface area (Å²) in [5.74, 6) is 1.95. The van der Waals surface area contributed by atoms with E-state index in [0.717, 1.165) is 46.2 Å². The van der Waals surface area contributed by atoms with Gasteiger partial charge in [0, 0.05) is 22.1 Å². The van der Waals surface area contributed by atoms with Crippen molar-refractivity contribution in [1.29, 1.82) is 5.26 Å². The molecule has 4 heteroatoms. The second-order valence-electron chi connectivity index (χ2n) is 15.0. The van der Waals surface area contributed by atoms with Crippen molar-refractivity contribution < 1.29 is 0 Å². The first-order chi connectivity index (χ1) is 27.7. The molecule has 10 rings (SSSR count). The number of aromatic nitrogens is 3. The molecular formula is C52H38N4. The van der Waals surface area contributed by atoms with Crippen LogP contribution in [0.25, 0.3) is 78.7 Å². The first-order valence-corrected chi connectivity index (χ1v) is 19.5. The first-order valence-electron chi connectivity index (χ1n) is 19.5. The SMILES string of the molecule is N#Cc1ccc2c(c1)C1(CCCCC1)c1cccc(-c3ccc(-c4ccc(-c5cccc(-c6nc(-c7ccccc7)nc(-c7ccccc7)n6)c5)cc4)cc3)c1-2. The van der Waals surface area contributed by atoms with Gasteiger partial charge in [0.1, 0.15) is 0 Å². The van der Waals surface area contributed by atoms with Crippen molar-refractivity contribution in [2.45, 2.75) is 37.5 Å². The van der Waals surface area contributed by atoms with Gasteiger partial charge in [0.2, 0.25) is 0 Å². The standard InChI is InChI=1S/C52H38N4/c53-34-35-20-29-45-47(32-35)52(30-8-3-9-31-52)46-19-11-18-44(48(45)46)39-27-25-37(26-28-39)36-21-23-38(24-22-36)42-16-10-17-43(33-42)51-55-49(40-12-4-1-5-13-40)54-50(56-51)41-14-6-2-7-15-41/h1-2,4-7,10-29,32-33H,3,8-9,30-31H2. The summed E-state index contributed by atoms with van der Waals surface area (Å²) in [7, 11) is 0. The van der Waals surface area contributed by atoms with Crippen molar-refractivity contribution >= 4 is 0 Å². The number of benzene rings is 7. The fourth-order valence-corrected chi connectivity index (χ4v) is 9.02. The van der Waals surface area contributed by atoms with Crippen LogP contribution in [-0.4, -0.2) is 15.0 Å². The van der Waals surface area contributed by atoms with Crippen LogP contribution in [0.4, 0.5) is 0 Å². The lowest BCUT2D eigenvalue weighted by molar-refractivity contribution is 0.353. The minimum Gasteiger partial charge on any atom is -0.208 e. The minimum absolute atomic E-state index is 0.00846. The lowest BCUT2D eigenvalue weighted by atomic mass is 9.67. The molecule has 266 valence electrons. The summed E-state index contributed by atoms with van der Waals surface area (Å²) in [6.45, 7) is 0. The molecule has 0 radical (unpaired) electrons. The fraction of sp³-hybridized carbons (Fsp3) is 0.115. The summed E-state index contributed by atoms with van der Waals surface area (Å²) in [5.41, 5.74) is 16.1. The van der Waals surface area contributed by atoms with Crippen molar-refractivity contribution in [2.24, 2.45) is 0 Å². The Hall–Kier alpha value is -6.96. The van der Waals surface area contributed by atoms with E-state index in [9.17, 15) is 5.26 Å². The van der Waals surface area contributed by atoms with Crippen LogP contribution < -0.4 is 0 Å². The molecule has 2 aliphatic rings. The summed E-state index contributed by atoms with van der Waals surface area (Å²) in [4.78, 5) is 14.7. The van der Waals surface area contributed by atoms with Crippen molar-refractivity contribution in [3.63, 3.8) is 0 Å². The number of hydrogen-bond donors (Lipinski definition) is 0. The molecule has 0 atom stereocenters. The van der Waals surface area contributed by atoms with Crippen molar-refractivity contribution in [3.8, 4) is 84.7 Å². The average Bonchev–Trinajstić information content (AvgIpc) is 3.55. The van der Waals surface area contributed by atoms with E-state index >= 15 is 0 Å². The highest BCUT2D eigenvalue weighted by molar-refractivity contribution is 5.93. The molecule has 1 heterocycles. The van der Waals surface area contributed by atoms with Gasteiger partial charge < -0.3 is 0 Å². The Balaban J connectivity index is 0.949. The number of rotatable bonds is 6. The van der Waals surface area contributed by atoms with Crippen molar-refractivity contribution in [3.05, 3.63) is 187 Å². The van der Waals surface area contributed by atoms with Gasteiger partial charge in [-0.25, -0.2) is 15.0 Å². The summed E-state index contributed by atoms with van der Waals surface area (Å²) >= 11 is 0. The summed E-state index contributed by atoms with van der Waals surface area (Å²) in [6.07, 6.45) is 6.02. The van der Waals surface area contributed by atoms with Crippen LogP contribution >= 0.6 is 0 Å². The van der Waals surface area contributed by atoms with Crippen LogP contribution in [0, 0.1) is 11.3 Å².